The minimum absolute atomic E-state index is 0.0239. The monoisotopic (exact) mass is 351 g/mol. The second kappa shape index (κ2) is 6.90. The molecule has 0 saturated heterocycles. The van der Waals surface area contributed by atoms with Crippen LogP contribution in [0.25, 0.3) is 0 Å². The predicted molar refractivity (Wildman–Crippen MR) is 95.7 cm³/mol. The number of amides is 2. The molecule has 0 saturated carbocycles. The smallest absolute Gasteiger partial charge is 0.322 e. The van der Waals surface area contributed by atoms with Gasteiger partial charge < -0.3 is 14.6 Å². The van der Waals surface area contributed by atoms with Crippen LogP contribution in [0.2, 0.25) is 13.1 Å². The molecule has 0 aliphatic carbocycles. The van der Waals surface area contributed by atoms with Crippen molar-refractivity contribution in [2.24, 2.45) is 5.41 Å². The third-order valence-electron chi connectivity index (χ3n) is 3.98. The summed E-state index contributed by atoms with van der Waals surface area (Å²) in [7, 11) is -1.24. The van der Waals surface area contributed by atoms with Crippen molar-refractivity contribution in [3.8, 4) is 0 Å². The van der Waals surface area contributed by atoms with E-state index in [1.165, 1.54) is 12.1 Å². The highest BCUT2D eigenvalue weighted by Gasteiger charge is 2.32. The SMILES string of the molecule is C[SiH](C)OC(CN1Cc2ccc([N+](=O)[O-])cc2NC1=O)C(C)(C)C. The molecule has 0 fully saturated rings. The number of carbonyl (C=O) groups excluding carboxylic acids is 1. The fourth-order valence-electron chi connectivity index (χ4n) is 2.60. The molecule has 7 nitrogen and oxygen atoms in total. The maximum absolute atomic E-state index is 12.4. The number of hydrogen-bond acceptors (Lipinski definition) is 4. The molecular weight excluding hydrogens is 326 g/mol. The first kappa shape index (κ1) is 18.4. The molecule has 2 rings (SSSR count). The standard InChI is InChI=1S/C16H25N3O4Si/c1-16(2,3)14(23-24(4)5)10-18-9-11-6-7-12(19(21)22)8-13(11)17-15(18)20/h6-8,14,24H,9-10H2,1-5H3,(H,17,20). The number of fused-ring (bicyclic) bond motifs is 1. The van der Waals surface area contributed by atoms with Crippen LogP contribution in [0.5, 0.6) is 0 Å². The number of non-ortho nitro benzene ring substituents is 1. The van der Waals surface area contributed by atoms with E-state index in [9.17, 15) is 14.9 Å². The van der Waals surface area contributed by atoms with Crippen molar-refractivity contribution >= 4 is 26.4 Å². The Bertz CT molecular complexity index is 643. The lowest BCUT2D eigenvalue weighted by Gasteiger charge is -2.38. The Morgan fingerprint density at radius 3 is 2.62 bits per heavy atom. The lowest BCUT2D eigenvalue weighted by atomic mass is 9.88. The lowest BCUT2D eigenvalue weighted by Crippen LogP contribution is -2.48. The topological polar surface area (TPSA) is 84.7 Å². The van der Waals surface area contributed by atoms with Crippen LogP contribution in [-0.2, 0) is 11.0 Å². The van der Waals surface area contributed by atoms with E-state index in [4.69, 9.17) is 4.43 Å². The first-order valence-corrected chi connectivity index (χ1v) is 10.8. The number of hydrogen-bond donors (Lipinski definition) is 1. The summed E-state index contributed by atoms with van der Waals surface area (Å²) in [6.07, 6.45) is -0.0467. The molecule has 132 valence electrons. The van der Waals surface area contributed by atoms with Crippen LogP contribution in [0.1, 0.15) is 26.3 Å². The number of nitro benzene ring substituents is 1. The van der Waals surface area contributed by atoms with Gasteiger partial charge in [-0.25, -0.2) is 4.79 Å². The molecule has 1 aliphatic rings. The number of benzene rings is 1. The van der Waals surface area contributed by atoms with Crippen LogP contribution in [0, 0.1) is 15.5 Å². The number of nitrogens with zero attached hydrogens (tertiary/aromatic N) is 2. The van der Waals surface area contributed by atoms with Gasteiger partial charge in [0.15, 0.2) is 9.04 Å². The zero-order chi connectivity index (χ0) is 18.1. The normalized spacial score (nSPS) is 15.9. The second-order valence-corrected chi connectivity index (χ2v) is 9.82. The molecule has 1 aliphatic heterocycles. The van der Waals surface area contributed by atoms with Gasteiger partial charge in [-0.05, 0) is 30.1 Å². The summed E-state index contributed by atoms with van der Waals surface area (Å²) < 4.78 is 6.13. The van der Waals surface area contributed by atoms with Crippen molar-refractivity contribution in [3.05, 3.63) is 33.9 Å². The fraction of sp³-hybridized carbons (Fsp3) is 0.562. The Labute approximate surface area is 143 Å². The minimum atomic E-state index is -1.24. The Kier molecular flexibility index (Phi) is 5.29. The van der Waals surface area contributed by atoms with Crippen LogP contribution >= 0.6 is 0 Å². The summed E-state index contributed by atoms with van der Waals surface area (Å²) in [5, 5.41) is 13.6. The first-order valence-electron chi connectivity index (χ1n) is 8.06. The summed E-state index contributed by atoms with van der Waals surface area (Å²) in [6.45, 7) is 11.5. The van der Waals surface area contributed by atoms with E-state index < -0.39 is 14.0 Å². The summed E-state index contributed by atoms with van der Waals surface area (Å²) in [5.41, 5.74) is 1.28. The summed E-state index contributed by atoms with van der Waals surface area (Å²) in [5.74, 6) is 0. The van der Waals surface area contributed by atoms with Gasteiger partial charge in [0.1, 0.15) is 0 Å². The Morgan fingerprint density at radius 2 is 2.08 bits per heavy atom. The largest absolute Gasteiger partial charge is 0.415 e. The second-order valence-electron chi connectivity index (χ2n) is 7.45. The van der Waals surface area contributed by atoms with Crippen molar-refractivity contribution in [3.63, 3.8) is 0 Å². The molecule has 1 aromatic rings. The summed E-state index contributed by atoms with van der Waals surface area (Å²) in [4.78, 5) is 24.5. The molecule has 1 unspecified atom stereocenters. The molecule has 1 heterocycles. The number of nitro groups is 1. The van der Waals surface area contributed by atoms with Crippen LogP contribution in [0.4, 0.5) is 16.2 Å². The highest BCUT2D eigenvalue weighted by atomic mass is 28.3. The van der Waals surface area contributed by atoms with Crippen LogP contribution in [-0.4, -0.2) is 37.5 Å². The van der Waals surface area contributed by atoms with E-state index in [1.807, 2.05) is 0 Å². The van der Waals surface area contributed by atoms with Gasteiger partial charge in [0.25, 0.3) is 5.69 Å². The molecular formula is C16H25N3O4Si. The molecule has 1 atom stereocenters. The van der Waals surface area contributed by atoms with Crippen molar-refractivity contribution in [1.82, 2.24) is 4.90 Å². The summed E-state index contributed by atoms with van der Waals surface area (Å²) in [6, 6.07) is 4.33. The van der Waals surface area contributed by atoms with Gasteiger partial charge in [0.2, 0.25) is 0 Å². The zero-order valence-electron chi connectivity index (χ0n) is 14.8. The van der Waals surface area contributed by atoms with Crippen LogP contribution in [0.15, 0.2) is 18.2 Å². The Hall–Kier alpha value is -1.93. The molecule has 8 heteroatoms. The fourth-order valence-corrected chi connectivity index (χ4v) is 3.75. The lowest BCUT2D eigenvalue weighted by molar-refractivity contribution is -0.384. The first-order chi connectivity index (χ1) is 11.1. The third-order valence-corrected chi connectivity index (χ3v) is 4.86. The highest BCUT2D eigenvalue weighted by molar-refractivity contribution is 6.48. The van der Waals surface area contributed by atoms with Gasteiger partial charge in [-0.2, -0.15) is 0 Å². The predicted octanol–water partition coefficient (Wildman–Crippen LogP) is 3.36. The molecule has 0 aromatic heterocycles. The van der Waals surface area contributed by atoms with Gasteiger partial charge in [-0.3, -0.25) is 10.1 Å². The Balaban J connectivity index is 2.18. The van der Waals surface area contributed by atoms with E-state index in [0.29, 0.717) is 18.8 Å². The van der Waals surface area contributed by atoms with Gasteiger partial charge in [0.05, 0.1) is 16.7 Å². The van der Waals surface area contributed by atoms with E-state index >= 15 is 0 Å². The van der Waals surface area contributed by atoms with E-state index in [-0.39, 0.29) is 23.2 Å². The van der Waals surface area contributed by atoms with Gasteiger partial charge in [0, 0.05) is 25.2 Å². The number of carbonyl (C=O) groups is 1. The minimum Gasteiger partial charge on any atom is -0.415 e. The molecule has 2 amide bonds. The molecule has 24 heavy (non-hydrogen) atoms. The highest BCUT2D eigenvalue weighted by Crippen LogP contribution is 2.30. The van der Waals surface area contributed by atoms with E-state index in [2.05, 4.69) is 39.2 Å². The third kappa shape index (κ3) is 4.33. The van der Waals surface area contributed by atoms with Crippen molar-refractivity contribution in [1.29, 1.82) is 0 Å². The van der Waals surface area contributed by atoms with Gasteiger partial charge in [-0.1, -0.05) is 20.8 Å². The van der Waals surface area contributed by atoms with Gasteiger partial charge in [-0.15, -0.1) is 0 Å². The average Bonchev–Trinajstić information content (AvgIpc) is 2.45. The summed E-state index contributed by atoms with van der Waals surface area (Å²) >= 11 is 0. The van der Waals surface area contributed by atoms with Crippen molar-refractivity contribution < 1.29 is 14.1 Å². The molecule has 0 bridgehead atoms. The van der Waals surface area contributed by atoms with E-state index in [0.717, 1.165) is 5.56 Å². The van der Waals surface area contributed by atoms with Crippen molar-refractivity contribution in [2.45, 2.75) is 46.5 Å². The quantitative estimate of drug-likeness (QED) is 0.501. The van der Waals surface area contributed by atoms with Gasteiger partial charge >= 0.3 is 6.03 Å². The Morgan fingerprint density at radius 1 is 1.42 bits per heavy atom. The maximum Gasteiger partial charge on any atom is 0.322 e. The van der Waals surface area contributed by atoms with Crippen LogP contribution in [0.3, 0.4) is 0 Å². The molecule has 0 spiro atoms. The maximum atomic E-state index is 12.4. The number of nitrogens with one attached hydrogen (secondary N) is 1. The molecule has 1 N–H and O–H groups in total. The molecule has 1 aromatic carbocycles. The van der Waals surface area contributed by atoms with E-state index in [1.54, 1.807) is 11.0 Å². The number of urea groups is 1. The van der Waals surface area contributed by atoms with Crippen molar-refractivity contribution in [2.75, 3.05) is 11.9 Å². The number of anilines is 1. The average molecular weight is 351 g/mol. The number of rotatable bonds is 5. The zero-order valence-corrected chi connectivity index (χ0v) is 16.0. The molecule has 0 radical (unpaired) electrons. The van der Waals surface area contributed by atoms with Crippen LogP contribution < -0.4 is 5.32 Å².